The van der Waals surface area contributed by atoms with E-state index in [2.05, 4.69) is 20.5 Å². The van der Waals surface area contributed by atoms with Crippen LogP contribution in [-0.2, 0) is 4.79 Å². The van der Waals surface area contributed by atoms with Crippen LogP contribution in [0.1, 0.15) is 20.3 Å². The highest BCUT2D eigenvalue weighted by molar-refractivity contribution is 5.82. The van der Waals surface area contributed by atoms with Crippen LogP contribution in [-0.4, -0.2) is 31.8 Å². The molecular formula is C12H14N4O2. The van der Waals surface area contributed by atoms with Crippen molar-refractivity contribution in [3.8, 4) is 0 Å². The van der Waals surface area contributed by atoms with Gasteiger partial charge in [0.1, 0.15) is 11.1 Å². The van der Waals surface area contributed by atoms with Crippen molar-refractivity contribution in [3.05, 3.63) is 24.3 Å². The Hall–Kier alpha value is -2.24. The molecule has 18 heavy (non-hydrogen) atoms. The third kappa shape index (κ3) is 2.22. The van der Waals surface area contributed by atoms with Gasteiger partial charge in [-0.05, 0) is 25.5 Å². The summed E-state index contributed by atoms with van der Waals surface area (Å²) in [5, 5.41) is 19.9. The minimum absolute atomic E-state index is 0.223. The molecule has 0 amide bonds. The second-order valence-electron chi connectivity index (χ2n) is 4.24. The van der Waals surface area contributed by atoms with Crippen molar-refractivity contribution < 1.29 is 9.90 Å². The fraction of sp³-hybridized carbons (Fsp3) is 0.333. The first kappa shape index (κ1) is 12.2. The molecule has 1 atom stereocenters. The average Bonchev–Trinajstić information content (AvgIpc) is 2.38. The van der Waals surface area contributed by atoms with Crippen LogP contribution in [0.25, 0.3) is 11.0 Å². The number of anilines is 1. The van der Waals surface area contributed by atoms with Crippen molar-refractivity contribution in [2.24, 2.45) is 0 Å². The van der Waals surface area contributed by atoms with E-state index < -0.39 is 11.5 Å². The molecule has 0 aliphatic rings. The van der Waals surface area contributed by atoms with E-state index in [1.807, 2.05) is 12.1 Å². The topological polar surface area (TPSA) is 88.0 Å². The summed E-state index contributed by atoms with van der Waals surface area (Å²) in [6.45, 7) is 3.38. The molecule has 0 aliphatic carbocycles. The minimum atomic E-state index is -1.09. The Morgan fingerprint density at radius 1 is 1.33 bits per heavy atom. The van der Waals surface area contributed by atoms with Crippen LogP contribution >= 0.6 is 0 Å². The summed E-state index contributed by atoms with van der Waals surface area (Å²) in [6.07, 6.45) is 0.415. The first-order chi connectivity index (χ1) is 8.55. The molecule has 2 N–H and O–H groups in total. The van der Waals surface area contributed by atoms with E-state index in [0.29, 0.717) is 17.5 Å². The number of aliphatic carboxylic acids is 1. The Labute approximate surface area is 104 Å². The summed E-state index contributed by atoms with van der Waals surface area (Å²) < 4.78 is 0. The van der Waals surface area contributed by atoms with E-state index >= 15 is 0 Å². The maximum atomic E-state index is 11.2. The zero-order valence-corrected chi connectivity index (χ0v) is 10.2. The molecule has 0 aliphatic heterocycles. The quantitative estimate of drug-likeness (QED) is 0.853. The van der Waals surface area contributed by atoms with Crippen LogP contribution in [0.15, 0.2) is 24.3 Å². The van der Waals surface area contributed by atoms with Crippen molar-refractivity contribution in [1.82, 2.24) is 15.2 Å². The number of carboxylic acids is 1. The minimum Gasteiger partial charge on any atom is -0.480 e. The van der Waals surface area contributed by atoms with Crippen LogP contribution < -0.4 is 5.32 Å². The highest BCUT2D eigenvalue weighted by atomic mass is 16.4. The van der Waals surface area contributed by atoms with Crippen LogP contribution in [0.5, 0.6) is 0 Å². The lowest BCUT2D eigenvalue weighted by Gasteiger charge is -2.24. The molecule has 0 spiro atoms. The lowest BCUT2D eigenvalue weighted by atomic mass is 10.00. The zero-order valence-electron chi connectivity index (χ0n) is 10.2. The number of fused-ring (bicyclic) bond motifs is 1. The molecule has 0 fully saturated rings. The number of rotatable bonds is 4. The highest BCUT2D eigenvalue weighted by Gasteiger charge is 2.31. The molecule has 1 unspecified atom stereocenters. The standard InChI is InChI=1S/C12H14N4O2/c1-3-12(2,10(17)18)14-11-13-8-6-4-5-7-9(8)15-16-11/h4-7H,3H2,1-2H3,(H,17,18)(H,13,14,16). The number of aromatic nitrogens is 3. The SMILES string of the molecule is CCC(C)(Nc1nnc2ccccc2n1)C(=O)O. The van der Waals surface area contributed by atoms with Crippen LogP contribution in [0.2, 0.25) is 0 Å². The van der Waals surface area contributed by atoms with Crippen molar-refractivity contribution in [2.45, 2.75) is 25.8 Å². The summed E-state index contributed by atoms with van der Waals surface area (Å²) in [5.74, 6) is -0.720. The monoisotopic (exact) mass is 246 g/mol. The summed E-state index contributed by atoms with van der Waals surface area (Å²) in [5.41, 5.74) is 0.264. The number of nitrogens with zero attached hydrogens (tertiary/aromatic N) is 3. The summed E-state index contributed by atoms with van der Waals surface area (Å²) in [6, 6.07) is 7.30. The predicted octanol–water partition coefficient (Wildman–Crippen LogP) is 1.69. The number of carboxylic acid groups (broad SMARTS) is 1. The third-order valence-electron chi connectivity index (χ3n) is 2.93. The fourth-order valence-electron chi connectivity index (χ4n) is 1.47. The molecule has 1 aromatic heterocycles. The van der Waals surface area contributed by atoms with Gasteiger partial charge in [-0.2, -0.15) is 0 Å². The van der Waals surface area contributed by atoms with Gasteiger partial charge in [0.05, 0.1) is 5.52 Å². The van der Waals surface area contributed by atoms with Crippen molar-refractivity contribution in [2.75, 3.05) is 5.32 Å². The fourth-order valence-corrected chi connectivity index (χ4v) is 1.47. The molecule has 94 valence electrons. The highest BCUT2D eigenvalue weighted by Crippen LogP contribution is 2.17. The number of carbonyl (C=O) groups is 1. The number of hydrogen-bond donors (Lipinski definition) is 2. The van der Waals surface area contributed by atoms with Gasteiger partial charge in [0.15, 0.2) is 0 Å². The number of benzene rings is 1. The molecule has 1 aromatic carbocycles. The van der Waals surface area contributed by atoms with Gasteiger partial charge in [-0.1, -0.05) is 19.1 Å². The summed E-state index contributed by atoms with van der Waals surface area (Å²) in [7, 11) is 0. The van der Waals surface area contributed by atoms with E-state index in [1.165, 1.54) is 0 Å². The van der Waals surface area contributed by atoms with E-state index in [4.69, 9.17) is 5.11 Å². The molecule has 0 bridgehead atoms. The normalized spacial score (nSPS) is 14.1. The maximum Gasteiger partial charge on any atom is 0.329 e. The Morgan fingerprint density at radius 3 is 2.61 bits per heavy atom. The zero-order chi connectivity index (χ0) is 13.2. The summed E-state index contributed by atoms with van der Waals surface area (Å²) >= 11 is 0. The lowest BCUT2D eigenvalue weighted by molar-refractivity contribution is -0.141. The van der Waals surface area contributed by atoms with Crippen molar-refractivity contribution in [3.63, 3.8) is 0 Å². The number of nitrogens with one attached hydrogen (secondary N) is 1. The van der Waals surface area contributed by atoms with E-state index in [0.717, 1.165) is 0 Å². The van der Waals surface area contributed by atoms with E-state index in [-0.39, 0.29) is 5.95 Å². The first-order valence-corrected chi connectivity index (χ1v) is 5.66. The smallest absolute Gasteiger partial charge is 0.329 e. The Bertz CT molecular complexity index is 587. The molecule has 6 nitrogen and oxygen atoms in total. The second-order valence-corrected chi connectivity index (χ2v) is 4.24. The van der Waals surface area contributed by atoms with Gasteiger partial charge in [0.2, 0.25) is 5.95 Å². The van der Waals surface area contributed by atoms with Gasteiger partial charge in [-0.3, -0.25) is 0 Å². The number of para-hydroxylation sites is 1. The molecule has 2 aromatic rings. The molecular weight excluding hydrogens is 232 g/mol. The van der Waals surface area contributed by atoms with Gasteiger partial charge in [-0.15, -0.1) is 10.2 Å². The molecule has 1 heterocycles. The number of hydrogen-bond acceptors (Lipinski definition) is 5. The largest absolute Gasteiger partial charge is 0.480 e. The lowest BCUT2D eigenvalue weighted by Crippen LogP contribution is -2.43. The first-order valence-electron chi connectivity index (χ1n) is 5.66. The summed E-state index contributed by atoms with van der Waals surface area (Å²) in [4.78, 5) is 15.4. The maximum absolute atomic E-state index is 11.2. The van der Waals surface area contributed by atoms with Crippen LogP contribution in [0.4, 0.5) is 5.95 Å². The molecule has 6 heteroatoms. The van der Waals surface area contributed by atoms with Gasteiger partial charge >= 0.3 is 5.97 Å². The van der Waals surface area contributed by atoms with Gasteiger partial charge in [0.25, 0.3) is 0 Å². The molecule has 0 saturated carbocycles. The van der Waals surface area contributed by atoms with E-state index in [1.54, 1.807) is 26.0 Å². The van der Waals surface area contributed by atoms with Gasteiger partial charge in [-0.25, -0.2) is 9.78 Å². The Balaban J connectivity index is 2.34. The van der Waals surface area contributed by atoms with Crippen molar-refractivity contribution in [1.29, 1.82) is 0 Å². The van der Waals surface area contributed by atoms with Crippen LogP contribution in [0.3, 0.4) is 0 Å². The molecule has 2 rings (SSSR count). The Kier molecular flexibility index (Phi) is 3.10. The van der Waals surface area contributed by atoms with E-state index in [9.17, 15) is 4.79 Å². The Morgan fingerprint density at radius 2 is 2.00 bits per heavy atom. The van der Waals surface area contributed by atoms with Gasteiger partial charge < -0.3 is 10.4 Å². The predicted molar refractivity (Wildman–Crippen MR) is 67.3 cm³/mol. The van der Waals surface area contributed by atoms with Crippen LogP contribution in [0, 0.1) is 0 Å². The molecule has 0 saturated heterocycles. The third-order valence-corrected chi connectivity index (χ3v) is 2.93. The average molecular weight is 246 g/mol. The molecule has 0 radical (unpaired) electrons. The van der Waals surface area contributed by atoms with Gasteiger partial charge in [0, 0.05) is 0 Å². The second kappa shape index (κ2) is 4.56. The van der Waals surface area contributed by atoms with Crippen molar-refractivity contribution >= 4 is 23.0 Å².